The molecule has 0 unspecified atom stereocenters. The molecule has 0 saturated carbocycles. The molecule has 2 aromatic carbocycles. The molecule has 0 radical (unpaired) electrons. The first-order valence-corrected chi connectivity index (χ1v) is 7.34. The van der Waals surface area contributed by atoms with Crippen molar-refractivity contribution in [3.8, 4) is 10.7 Å². The van der Waals surface area contributed by atoms with Crippen LogP contribution in [0.4, 0.5) is 11.7 Å². The number of nitrogen functional groups attached to an aromatic ring is 2. The minimum absolute atomic E-state index is 0. The van der Waals surface area contributed by atoms with Crippen molar-refractivity contribution in [1.29, 1.82) is 5.26 Å². The molecule has 0 aliphatic carbocycles. The Morgan fingerprint density at radius 3 is 2.21 bits per heavy atom. The molecule has 0 spiro atoms. The van der Waals surface area contributed by atoms with Crippen molar-refractivity contribution in [1.82, 2.24) is 4.98 Å². The minimum Gasteiger partial charge on any atom is -0.506 e. The SMILES string of the molecule is C.Cc1ccc(O)c(N)c1.Cc1ccc2oc(N)nc2c1.N#CBr. The zero-order valence-corrected chi connectivity index (χ0v) is 14.3. The van der Waals surface area contributed by atoms with Gasteiger partial charge in [-0.25, -0.2) is 0 Å². The highest BCUT2D eigenvalue weighted by Crippen LogP contribution is 2.19. The number of rotatable bonds is 0. The summed E-state index contributed by atoms with van der Waals surface area (Å²) in [6.45, 7) is 3.93. The summed E-state index contributed by atoms with van der Waals surface area (Å²) in [5.41, 5.74) is 15.0. The van der Waals surface area contributed by atoms with Crippen molar-refractivity contribution in [2.45, 2.75) is 21.3 Å². The average Bonchev–Trinajstić information content (AvgIpc) is 2.84. The number of anilines is 2. The number of nitrogens with zero attached hydrogens (tertiary/aromatic N) is 2. The summed E-state index contributed by atoms with van der Waals surface area (Å²) in [5, 5.41) is 16.2. The molecule has 0 atom stereocenters. The Labute approximate surface area is 149 Å². The van der Waals surface area contributed by atoms with Crippen molar-refractivity contribution >= 4 is 38.7 Å². The number of phenolic OH excluding ortho intramolecular Hbond substituents is 1. The van der Waals surface area contributed by atoms with Gasteiger partial charge in [-0.1, -0.05) is 19.6 Å². The van der Waals surface area contributed by atoms with Crippen molar-refractivity contribution in [2.75, 3.05) is 11.5 Å². The van der Waals surface area contributed by atoms with E-state index in [9.17, 15) is 0 Å². The van der Waals surface area contributed by atoms with Gasteiger partial charge in [0.15, 0.2) is 5.58 Å². The number of fused-ring (bicyclic) bond motifs is 1. The number of nitriles is 1. The van der Waals surface area contributed by atoms with Gasteiger partial charge in [0, 0.05) is 15.9 Å². The van der Waals surface area contributed by atoms with Crippen LogP contribution < -0.4 is 11.5 Å². The van der Waals surface area contributed by atoms with Crippen molar-refractivity contribution < 1.29 is 9.52 Å². The molecule has 7 heteroatoms. The number of nitrogens with two attached hydrogens (primary N) is 2. The number of aryl methyl sites for hydroxylation is 2. The van der Waals surface area contributed by atoms with E-state index < -0.39 is 0 Å². The summed E-state index contributed by atoms with van der Waals surface area (Å²) in [6, 6.07) is 11.1. The molecule has 1 heterocycles. The third kappa shape index (κ3) is 6.58. The molecule has 1 aromatic heterocycles. The Morgan fingerprint density at radius 1 is 1.12 bits per heavy atom. The lowest BCUT2D eigenvalue weighted by Gasteiger charge is -1.97. The number of benzene rings is 2. The fraction of sp³-hybridized carbons (Fsp3) is 0.176. The third-order valence-corrected chi connectivity index (χ3v) is 2.74. The normalized spacial score (nSPS) is 8.75. The summed E-state index contributed by atoms with van der Waals surface area (Å²) in [4.78, 5) is 5.55. The second-order valence-corrected chi connectivity index (χ2v) is 5.02. The third-order valence-electron chi connectivity index (χ3n) is 2.74. The molecular weight excluding hydrogens is 372 g/mol. The fourth-order valence-electron chi connectivity index (χ4n) is 1.73. The number of aromatic hydroxyl groups is 1. The van der Waals surface area contributed by atoms with Gasteiger partial charge in [-0.05, 0) is 49.2 Å². The van der Waals surface area contributed by atoms with Crippen LogP contribution in [0.1, 0.15) is 18.6 Å². The van der Waals surface area contributed by atoms with Crippen LogP contribution >= 0.6 is 15.9 Å². The van der Waals surface area contributed by atoms with E-state index in [4.69, 9.17) is 26.3 Å². The lowest BCUT2D eigenvalue weighted by Crippen LogP contribution is -1.85. The summed E-state index contributed by atoms with van der Waals surface area (Å²) >= 11 is 2.45. The highest BCUT2D eigenvalue weighted by atomic mass is 79.9. The molecule has 0 saturated heterocycles. The summed E-state index contributed by atoms with van der Waals surface area (Å²) in [7, 11) is 0. The van der Waals surface area contributed by atoms with Gasteiger partial charge in [0.1, 0.15) is 16.2 Å². The van der Waals surface area contributed by atoms with Crippen LogP contribution in [0.3, 0.4) is 0 Å². The Balaban J connectivity index is 0.000000372. The Hall–Kier alpha value is -2.72. The van der Waals surface area contributed by atoms with E-state index in [-0.39, 0.29) is 19.2 Å². The van der Waals surface area contributed by atoms with E-state index in [1.54, 1.807) is 17.1 Å². The second-order valence-electron chi connectivity index (χ2n) is 4.67. The number of phenols is 1. The van der Waals surface area contributed by atoms with Crippen LogP contribution in [0.25, 0.3) is 11.1 Å². The molecule has 0 fully saturated rings. The standard InChI is InChI=1S/C8H8N2O.C7H9NO.CBrN.CH4/c1-5-2-3-7-6(4-5)10-8(9)11-7;1-5-2-3-7(9)6(8)4-5;2-1-3;/h2-4H,1H3,(H2,9,10);2-4,9H,8H2,1H3;;1H4. The van der Waals surface area contributed by atoms with E-state index >= 15 is 0 Å². The monoisotopic (exact) mass is 392 g/mol. The number of aromatic nitrogens is 1. The molecule has 3 rings (SSSR count). The van der Waals surface area contributed by atoms with E-state index in [0.29, 0.717) is 5.69 Å². The van der Waals surface area contributed by atoms with Gasteiger partial charge in [-0.15, -0.1) is 0 Å². The van der Waals surface area contributed by atoms with Crippen LogP contribution in [-0.2, 0) is 0 Å². The smallest absolute Gasteiger partial charge is 0.292 e. The Bertz CT molecular complexity index is 825. The maximum atomic E-state index is 8.92. The molecule has 24 heavy (non-hydrogen) atoms. The molecule has 128 valence electrons. The van der Waals surface area contributed by atoms with Crippen molar-refractivity contribution in [3.05, 3.63) is 47.5 Å². The lowest BCUT2D eigenvalue weighted by atomic mass is 10.2. The summed E-state index contributed by atoms with van der Waals surface area (Å²) < 4.78 is 5.09. The lowest BCUT2D eigenvalue weighted by molar-refractivity contribution is 0.478. The van der Waals surface area contributed by atoms with E-state index in [1.165, 1.54) is 0 Å². The fourth-order valence-corrected chi connectivity index (χ4v) is 1.73. The predicted octanol–water partition coefficient (Wildman–Crippen LogP) is 4.50. The largest absolute Gasteiger partial charge is 0.506 e. The molecular formula is C17H21BrN4O2. The van der Waals surface area contributed by atoms with E-state index in [1.807, 2.05) is 38.1 Å². The maximum Gasteiger partial charge on any atom is 0.292 e. The van der Waals surface area contributed by atoms with Gasteiger partial charge in [0.2, 0.25) is 0 Å². The first-order chi connectivity index (χ1) is 10.9. The summed E-state index contributed by atoms with van der Waals surface area (Å²) in [6.07, 6.45) is 0. The first-order valence-electron chi connectivity index (χ1n) is 6.55. The zero-order chi connectivity index (χ0) is 17.4. The molecule has 0 aliphatic rings. The predicted molar refractivity (Wildman–Crippen MR) is 102 cm³/mol. The average molecular weight is 393 g/mol. The number of oxazole rings is 1. The van der Waals surface area contributed by atoms with Crippen LogP contribution in [-0.4, -0.2) is 10.1 Å². The minimum atomic E-state index is 0. The van der Waals surface area contributed by atoms with Gasteiger partial charge >= 0.3 is 0 Å². The maximum absolute atomic E-state index is 8.92. The molecule has 6 nitrogen and oxygen atoms in total. The summed E-state index contributed by atoms with van der Waals surface area (Å²) in [5.74, 6) is 0.153. The first kappa shape index (κ1) is 21.3. The van der Waals surface area contributed by atoms with Gasteiger partial charge in [0.25, 0.3) is 6.01 Å². The topological polar surface area (TPSA) is 122 Å². The van der Waals surface area contributed by atoms with Gasteiger partial charge in [0.05, 0.1) is 5.69 Å². The van der Waals surface area contributed by atoms with Crippen LogP contribution in [0.2, 0.25) is 0 Å². The molecule has 3 aromatic rings. The van der Waals surface area contributed by atoms with Crippen molar-refractivity contribution in [2.24, 2.45) is 0 Å². The highest BCUT2D eigenvalue weighted by molar-refractivity contribution is 9.12. The number of halogens is 1. The quantitative estimate of drug-likeness (QED) is 0.382. The van der Waals surface area contributed by atoms with Crippen LogP contribution in [0, 0.1) is 24.1 Å². The molecule has 0 bridgehead atoms. The zero-order valence-electron chi connectivity index (χ0n) is 12.7. The van der Waals surface area contributed by atoms with Gasteiger partial charge in [-0.3, -0.25) is 0 Å². The Morgan fingerprint density at radius 2 is 1.67 bits per heavy atom. The van der Waals surface area contributed by atoms with Crippen molar-refractivity contribution in [3.63, 3.8) is 0 Å². The van der Waals surface area contributed by atoms with Gasteiger partial charge in [-0.2, -0.15) is 10.2 Å². The van der Waals surface area contributed by atoms with Crippen LogP contribution in [0.15, 0.2) is 40.8 Å². The number of hydrogen-bond donors (Lipinski definition) is 3. The van der Waals surface area contributed by atoms with E-state index in [2.05, 4.69) is 20.9 Å². The van der Waals surface area contributed by atoms with E-state index in [0.717, 1.165) is 22.2 Å². The molecule has 0 amide bonds. The van der Waals surface area contributed by atoms with Crippen LogP contribution in [0.5, 0.6) is 5.75 Å². The molecule has 0 aliphatic heterocycles. The van der Waals surface area contributed by atoms with Gasteiger partial charge < -0.3 is 21.0 Å². The highest BCUT2D eigenvalue weighted by Gasteiger charge is 2.00. The second kappa shape index (κ2) is 10.1. The molecule has 5 N–H and O–H groups in total. The number of hydrogen-bond acceptors (Lipinski definition) is 6. The Kier molecular flexibility index (Phi) is 8.98.